The second-order valence-corrected chi connectivity index (χ2v) is 13.7. The largest absolute Gasteiger partial charge is 0.361 e. The molecule has 4 N–H and O–H groups in total. The molecule has 2 fully saturated rings. The van der Waals surface area contributed by atoms with Crippen molar-refractivity contribution in [3.05, 3.63) is 51.6 Å². The molecule has 4 heterocycles. The molecule has 11 heteroatoms. The fourth-order valence-electron chi connectivity index (χ4n) is 6.33. The van der Waals surface area contributed by atoms with Crippen molar-refractivity contribution in [2.75, 3.05) is 6.54 Å². The molecule has 0 unspecified atom stereocenters. The molecule has 0 saturated carbocycles. The van der Waals surface area contributed by atoms with Crippen molar-refractivity contribution in [1.82, 2.24) is 30.8 Å². The first-order valence-electron chi connectivity index (χ1n) is 15.2. The standard InChI is InChI=1S/C32H42N6O4S/c1-17(2)24-11-10-18(3)12-28(39)36-26(13-21-15-33-25-9-7-6-8-23(21)25)32(42)38-16-22(14-27(38)30(40)37-24)35-31(41)29-19(4)34-20(5)43-29/h6-9,15,17-18,22,24,26-27,33H,10-14,16H2,1-5H3,(H,35,41)(H,36,39)(H,37,40)/t18-,22-,24+,26-,27+/m1/s1. The molecule has 0 aliphatic carbocycles. The number of amides is 4. The van der Waals surface area contributed by atoms with Crippen LogP contribution in [0.15, 0.2) is 30.5 Å². The summed E-state index contributed by atoms with van der Waals surface area (Å²) in [5.74, 6) is -0.703. The zero-order valence-corrected chi connectivity index (χ0v) is 26.3. The minimum Gasteiger partial charge on any atom is -0.361 e. The lowest BCUT2D eigenvalue weighted by atomic mass is 9.92. The molecule has 2 aliphatic rings. The Morgan fingerprint density at radius 1 is 1.14 bits per heavy atom. The Balaban J connectivity index is 1.46. The number of rotatable bonds is 5. The molecule has 2 aliphatic heterocycles. The van der Waals surface area contributed by atoms with Crippen LogP contribution in [-0.2, 0) is 20.8 Å². The normalized spacial score (nSPS) is 25.5. The molecule has 1 aromatic carbocycles. The average Bonchev–Trinajstić information content (AvgIpc) is 3.66. The predicted octanol–water partition coefficient (Wildman–Crippen LogP) is 3.63. The van der Waals surface area contributed by atoms with Gasteiger partial charge in [0.2, 0.25) is 17.7 Å². The van der Waals surface area contributed by atoms with Gasteiger partial charge in [-0.05, 0) is 56.6 Å². The van der Waals surface area contributed by atoms with Gasteiger partial charge in [0.15, 0.2) is 0 Å². The zero-order chi connectivity index (χ0) is 30.8. The van der Waals surface area contributed by atoms with E-state index >= 15 is 0 Å². The number of benzene rings is 1. The number of aromatic amines is 1. The van der Waals surface area contributed by atoms with Crippen molar-refractivity contribution in [3.63, 3.8) is 0 Å². The minimum absolute atomic E-state index is 0.0887. The third kappa shape index (κ3) is 6.92. The fourth-order valence-corrected chi connectivity index (χ4v) is 7.16. The second kappa shape index (κ2) is 12.9. The van der Waals surface area contributed by atoms with Crippen molar-refractivity contribution >= 4 is 45.9 Å². The summed E-state index contributed by atoms with van der Waals surface area (Å²) in [6.45, 7) is 9.99. The van der Waals surface area contributed by atoms with Crippen LogP contribution in [0.4, 0.5) is 0 Å². The fraction of sp³-hybridized carbons (Fsp3) is 0.531. The summed E-state index contributed by atoms with van der Waals surface area (Å²) in [6, 6.07) is 5.69. The summed E-state index contributed by atoms with van der Waals surface area (Å²) in [6.07, 6.45) is 4.25. The summed E-state index contributed by atoms with van der Waals surface area (Å²) in [5.41, 5.74) is 2.52. The Kier molecular flexibility index (Phi) is 9.19. The van der Waals surface area contributed by atoms with Gasteiger partial charge in [-0.2, -0.15) is 0 Å². The Hall–Kier alpha value is -3.73. The summed E-state index contributed by atoms with van der Waals surface area (Å²) in [4.78, 5) is 64.4. The van der Waals surface area contributed by atoms with Crippen molar-refractivity contribution in [3.8, 4) is 0 Å². The number of thiazole rings is 1. The van der Waals surface area contributed by atoms with Crippen LogP contribution in [0.3, 0.4) is 0 Å². The van der Waals surface area contributed by atoms with Crippen LogP contribution >= 0.6 is 11.3 Å². The van der Waals surface area contributed by atoms with E-state index in [2.05, 4.69) is 39.8 Å². The lowest BCUT2D eigenvalue weighted by Gasteiger charge is -2.30. The Morgan fingerprint density at radius 2 is 1.91 bits per heavy atom. The van der Waals surface area contributed by atoms with Crippen LogP contribution in [0.25, 0.3) is 10.9 Å². The highest BCUT2D eigenvalue weighted by molar-refractivity contribution is 7.13. The average molecular weight is 607 g/mol. The third-order valence-electron chi connectivity index (χ3n) is 8.70. The summed E-state index contributed by atoms with van der Waals surface area (Å²) in [5, 5.41) is 11.1. The molecule has 43 heavy (non-hydrogen) atoms. The highest BCUT2D eigenvalue weighted by Gasteiger charge is 2.43. The number of hydrogen-bond donors (Lipinski definition) is 4. The Labute approximate surface area is 256 Å². The number of aromatic nitrogens is 2. The number of aryl methyl sites for hydroxylation is 2. The molecule has 0 spiro atoms. The van der Waals surface area contributed by atoms with Crippen molar-refractivity contribution in [2.45, 2.75) is 90.9 Å². The summed E-state index contributed by atoms with van der Waals surface area (Å²) in [7, 11) is 0. The number of carbonyl (C=O) groups excluding carboxylic acids is 4. The lowest BCUT2D eigenvalue weighted by Crippen LogP contribution is -2.55. The lowest BCUT2D eigenvalue weighted by molar-refractivity contribution is -0.141. The van der Waals surface area contributed by atoms with Crippen LogP contribution in [0.1, 0.15) is 72.4 Å². The third-order valence-corrected chi connectivity index (χ3v) is 9.77. The molecular weight excluding hydrogens is 564 g/mol. The molecule has 0 bridgehead atoms. The molecule has 5 rings (SSSR count). The number of H-pyrrole nitrogens is 1. The number of nitrogens with one attached hydrogen (secondary N) is 4. The van der Waals surface area contributed by atoms with Crippen LogP contribution in [0.2, 0.25) is 0 Å². The number of nitrogens with zero attached hydrogens (tertiary/aromatic N) is 2. The SMILES string of the molecule is Cc1nc(C)c(C(=O)N[C@@H]2C[C@H]3C(=O)N[C@H](C(C)C)CC[C@@H](C)CC(=O)N[C@H](Cc4c[nH]c5ccccc45)C(=O)N3C2)s1. The smallest absolute Gasteiger partial charge is 0.263 e. The van der Waals surface area contributed by atoms with E-state index in [-0.39, 0.29) is 60.9 Å². The van der Waals surface area contributed by atoms with Gasteiger partial charge in [-0.3, -0.25) is 19.2 Å². The second-order valence-electron chi connectivity index (χ2n) is 12.5. The van der Waals surface area contributed by atoms with E-state index in [1.807, 2.05) is 44.3 Å². The number of hydrogen-bond acceptors (Lipinski definition) is 6. The van der Waals surface area contributed by atoms with E-state index in [9.17, 15) is 19.2 Å². The zero-order valence-electron chi connectivity index (χ0n) is 25.5. The van der Waals surface area contributed by atoms with Crippen molar-refractivity contribution in [1.29, 1.82) is 0 Å². The monoisotopic (exact) mass is 606 g/mol. The van der Waals surface area contributed by atoms with Crippen LogP contribution in [0, 0.1) is 25.7 Å². The van der Waals surface area contributed by atoms with Gasteiger partial charge in [0.25, 0.3) is 5.91 Å². The van der Waals surface area contributed by atoms with Gasteiger partial charge >= 0.3 is 0 Å². The Bertz CT molecular complexity index is 1510. The molecule has 3 aromatic rings. The Morgan fingerprint density at radius 3 is 2.63 bits per heavy atom. The molecule has 5 atom stereocenters. The van der Waals surface area contributed by atoms with E-state index in [0.29, 0.717) is 17.0 Å². The summed E-state index contributed by atoms with van der Waals surface area (Å²) >= 11 is 1.32. The van der Waals surface area contributed by atoms with E-state index < -0.39 is 18.1 Å². The van der Waals surface area contributed by atoms with Gasteiger partial charge in [0, 0.05) is 48.6 Å². The van der Waals surface area contributed by atoms with E-state index in [4.69, 9.17) is 0 Å². The highest BCUT2D eigenvalue weighted by atomic mass is 32.1. The molecule has 10 nitrogen and oxygen atoms in total. The van der Waals surface area contributed by atoms with Gasteiger partial charge < -0.3 is 25.8 Å². The van der Waals surface area contributed by atoms with Crippen LogP contribution in [-0.4, -0.2) is 69.2 Å². The first-order valence-corrected chi connectivity index (χ1v) is 16.0. The maximum absolute atomic E-state index is 14.3. The van der Waals surface area contributed by atoms with Gasteiger partial charge in [0.1, 0.15) is 17.0 Å². The maximum atomic E-state index is 14.3. The highest BCUT2D eigenvalue weighted by Crippen LogP contribution is 2.26. The topological polar surface area (TPSA) is 136 Å². The first kappa shape index (κ1) is 30.7. The predicted molar refractivity (Wildman–Crippen MR) is 167 cm³/mol. The molecular formula is C32H42N6O4S. The molecule has 230 valence electrons. The molecule has 0 radical (unpaired) electrons. The van der Waals surface area contributed by atoms with Gasteiger partial charge in [-0.1, -0.05) is 39.0 Å². The molecule has 2 saturated heterocycles. The number of carbonyl (C=O) groups is 4. The molecule has 2 aromatic heterocycles. The van der Waals surface area contributed by atoms with E-state index in [1.54, 1.807) is 11.8 Å². The maximum Gasteiger partial charge on any atom is 0.263 e. The van der Waals surface area contributed by atoms with Crippen molar-refractivity contribution < 1.29 is 19.2 Å². The van der Waals surface area contributed by atoms with Gasteiger partial charge in [0.05, 0.1) is 10.7 Å². The van der Waals surface area contributed by atoms with Crippen LogP contribution < -0.4 is 16.0 Å². The van der Waals surface area contributed by atoms with E-state index in [0.717, 1.165) is 34.3 Å². The van der Waals surface area contributed by atoms with Crippen molar-refractivity contribution in [2.24, 2.45) is 11.8 Å². The van der Waals surface area contributed by atoms with E-state index in [1.165, 1.54) is 11.3 Å². The van der Waals surface area contributed by atoms with Gasteiger partial charge in [-0.25, -0.2) is 4.98 Å². The molecule has 4 amide bonds. The summed E-state index contributed by atoms with van der Waals surface area (Å²) < 4.78 is 0. The first-order chi connectivity index (χ1) is 20.5. The van der Waals surface area contributed by atoms with Gasteiger partial charge in [-0.15, -0.1) is 11.3 Å². The minimum atomic E-state index is -0.864. The van der Waals surface area contributed by atoms with Crippen LogP contribution in [0.5, 0.6) is 0 Å². The quantitative estimate of drug-likeness (QED) is 0.352. The number of para-hydroxylation sites is 1. The number of fused-ring (bicyclic) bond motifs is 2.